The zero-order chi connectivity index (χ0) is 14.8. The van der Waals surface area contributed by atoms with Crippen LogP contribution in [0.15, 0.2) is 6.07 Å². The highest BCUT2D eigenvalue weighted by atomic mass is 16.4. The van der Waals surface area contributed by atoms with Crippen LogP contribution in [-0.2, 0) is 10.3 Å². The van der Waals surface area contributed by atoms with E-state index >= 15 is 0 Å². The van der Waals surface area contributed by atoms with Crippen LogP contribution in [0, 0.1) is 12.8 Å². The van der Waals surface area contributed by atoms with Crippen molar-refractivity contribution in [1.82, 2.24) is 15.1 Å². The van der Waals surface area contributed by atoms with Crippen LogP contribution in [0.1, 0.15) is 43.9 Å². The molecule has 6 nitrogen and oxygen atoms in total. The molecule has 1 aromatic rings. The third-order valence-electron chi connectivity index (χ3n) is 2.75. The first-order chi connectivity index (χ1) is 8.62. The molecule has 1 atom stereocenters. The van der Waals surface area contributed by atoms with Gasteiger partial charge in [-0.25, -0.2) is 0 Å². The highest BCUT2D eigenvalue weighted by Gasteiger charge is 2.20. The van der Waals surface area contributed by atoms with Crippen molar-refractivity contribution < 1.29 is 14.7 Å². The van der Waals surface area contributed by atoms with Gasteiger partial charge in [-0.2, -0.15) is 5.10 Å². The molecule has 0 aliphatic heterocycles. The number of aliphatic carboxylic acids is 1. The molecular weight excluding hydrogens is 246 g/mol. The first-order valence-electron chi connectivity index (χ1n) is 6.21. The quantitative estimate of drug-likeness (QED) is 0.863. The number of carboxylic acids is 1. The van der Waals surface area contributed by atoms with Crippen molar-refractivity contribution >= 4 is 11.9 Å². The zero-order valence-corrected chi connectivity index (χ0v) is 12.0. The molecule has 0 saturated heterocycles. The smallest absolute Gasteiger partial charge is 0.308 e. The summed E-state index contributed by atoms with van der Waals surface area (Å²) < 4.78 is 1.78. The van der Waals surface area contributed by atoms with Gasteiger partial charge in [0.05, 0.1) is 11.5 Å². The van der Waals surface area contributed by atoms with E-state index < -0.39 is 11.9 Å². The lowest BCUT2D eigenvalue weighted by Gasteiger charge is -2.21. The zero-order valence-electron chi connectivity index (χ0n) is 12.0. The first-order valence-corrected chi connectivity index (χ1v) is 6.21. The van der Waals surface area contributed by atoms with Gasteiger partial charge in [-0.3, -0.25) is 14.3 Å². The molecule has 6 heteroatoms. The largest absolute Gasteiger partial charge is 0.481 e. The van der Waals surface area contributed by atoms with Crippen molar-refractivity contribution in [3.05, 3.63) is 17.5 Å². The van der Waals surface area contributed by atoms with Gasteiger partial charge in [0.1, 0.15) is 5.69 Å². The second-order valence-corrected chi connectivity index (χ2v) is 5.70. The molecular formula is C13H21N3O3. The Bertz CT molecular complexity index is 486. The van der Waals surface area contributed by atoms with Crippen molar-refractivity contribution in [2.75, 3.05) is 6.54 Å². The number of aromatic nitrogens is 2. The monoisotopic (exact) mass is 267 g/mol. The number of aryl methyl sites for hydroxylation is 1. The number of hydrogen-bond donors (Lipinski definition) is 2. The molecule has 0 aromatic carbocycles. The molecule has 2 N–H and O–H groups in total. The average Bonchev–Trinajstić information content (AvgIpc) is 2.67. The van der Waals surface area contributed by atoms with E-state index in [0.717, 1.165) is 5.69 Å². The Morgan fingerprint density at radius 2 is 2.05 bits per heavy atom. The van der Waals surface area contributed by atoms with E-state index in [1.165, 1.54) is 0 Å². The topological polar surface area (TPSA) is 84.2 Å². The first kappa shape index (κ1) is 15.2. The van der Waals surface area contributed by atoms with Gasteiger partial charge in [0, 0.05) is 12.2 Å². The molecule has 0 saturated carbocycles. The third kappa shape index (κ3) is 3.81. The Labute approximate surface area is 112 Å². The minimum Gasteiger partial charge on any atom is -0.481 e. The average molecular weight is 267 g/mol. The summed E-state index contributed by atoms with van der Waals surface area (Å²) >= 11 is 0. The van der Waals surface area contributed by atoms with Gasteiger partial charge >= 0.3 is 5.97 Å². The summed E-state index contributed by atoms with van der Waals surface area (Å²) in [6, 6.07) is 1.70. The van der Waals surface area contributed by atoms with Crippen LogP contribution in [0.25, 0.3) is 0 Å². The second-order valence-electron chi connectivity index (χ2n) is 5.70. The molecule has 1 aromatic heterocycles. The maximum Gasteiger partial charge on any atom is 0.308 e. The minimum absolute atomic E-state index is 0.0928. The molecule has 0 bridgehead atoms. The highest BCUT2D eigenvalue weighted by Crippen LogP contribution is 2.16. The Morgan fingerprint density at radius 3 is 2.47 bits per heavy atom. The Morgan fingerprint density at radius 1 is 1.47 bits per heavy atom. The number of amides is 1. The maximum atomic E-state index is 11.9. The molecule has 1 rings (SSSR count). The van der Waals surface area contributed by atoms with E-state index in [4.69, 9.17) is 5.11 Å². The van der Waals surface area contributed by atoms with Crippen LogP contribution in [0.4, 0.5) is 0 Å². The number of nitrogens with zero attached hydrogens (tertiary/aromatic N) is 2. The van der Waals surface area contributed by atoms with Crippen molar-refractivity contribution in [2.45, 2.75) is 40.2 Å². The normalized spacial score (nSPS) is 13.1. The highest BCUT2D eigenvalue weighted by molar-refractivity contribution is 5.92. The van der Waals surface area contributed by atoms with Crippen LogP contribution >= 0.6 is 0 Å². The van der Waals surface area contributed by atoms with Gasteiger partial charge < -0.3 is 10.4 Å². The van der Waals surface area contributed by atoms with E-state index in [2.05, 4.69) is 10.4 Å². The van der Waals surface area contributed by atoms with Gasteiger partial charge in [-0.05, 0) is 33.8 Å². The van der Waals surface area contributed by atoms with Crippen LogP contribution in [0.3, 0.4) is 0 Å². The summed E-state index contributed by atoms with van der Waals surface area (Å²) in [7, 11) is 0. The lowest BCUT2D eigenvalue weighted by atomic mass is 10.1. The summed E-state index contributed by atoms with van der Waals surface area (Å²) in [5.74, 6) is -1.90. The van der Waals surface area contributed by atoms with Crippen LogP contribution in [0.5, 0.6) is 0 Å². The lowest BCUT2D eigenvalue weighted by molar-refractivity contribution is -0.140. The molecule has 0 aliphatic rings. The van der Waals surface area contributed by atoms with E-state index in [0.29, 0.717) is 5.69 Å². The van der Waals surface area contributed by atoms with Crippen LogP contribution in [-0.4, -0.2) is 33.3 Å². The molecule has 1 heterocycles. The summed E-state index contributed by atoms with van der Waals surface area (Å²) in [6.07, 6.45) is 0. The third-order valence-corrected chi connectivity index (χ3v) is 2.75. The summed E-state index contributed by atoms with van der Waals surface area (Å²) in [5, 5.41) is 15.6. The van der Waals surface area contributed by atoms with Crippen molar-refractivity contribution in [1.29, 1.82) is 0 Å². The summed E-state index contributed by atoms with van der Waals surface area (Å²) in [4.78, 5) is 22.6. The predicted octanol–water partition coefficient (Wildman–Crippen LogP) is 1.40. The van der Waals surface area contributed by atoms with Gasteiger partial charge in [0.2, 0.25) is 0 Å². The molecule has 19 heavy (non-hydrogen) atoms. The number of hydrogen-bond acceptors (Lipinski definition) is 3. The molecule has 106 valence electrons. The number of carbonyl (C=O) groups is 2. The number of nitrogens with one attached hydrogen (secondary N) is 1. The molecule has 0 spiro atoms. The van der Waals surface area contributed by atoms with Crippen LogP contribution in [0.2, 0.25) is 0 Å². The Balaban J connectivity index is 2.76. The number of carboxylic acid groups (broad SMARTS) is 1. The lowest BCUT2D eigenvalue weighted by Crippen LogP contribution is -2.32. The van der Waals surface area contributed by atoms with Crippen LogP contribution < -0.4 is 5.32 Å². The molecule has 1 unspecified atom stereocenters. The van der Waals surface area contributed by atoms with E-state index in [1.54, 1.807) is 17.7 Å². The van der Waals surface area contributed by atoms with Crippen molar-refractivity contribution in [3.63, 3.8) is 0 Å². The van der Waals surface area contributed by atoms with E-state index in [-0.39, 0.29) is 18.0 Å². The van der Waals surface area contributed by atoms with Gasteiger partial charge in [-0.1, -0.05) is 6.92 Å². The van der Waals surface area contributed by atoms with Crippen molar-refractivity contribution in [3.8, 4) is 0 Å². The fourth-order valence-electron chi connectivity index (χ4n) is 1.69. The number of carbonyl (C=O) groups excluding carboxylic acids is 1. The Hall–Kier alpha value is -1.85. The Kier molecular flexibility index (Phi) is 4.34. The summed E-state index contributed by atoms with van der Waals surface area (Å²) in [6.45, 7) is 9.52. The fourth-order valence-corrected chi connectivity index (χ4v) is 1.69. The van der Waals surface area contributed by atoms with E-state index in [9.17, 15) is 9.59 Å². The second kappa shape index (κ2) is 5.42. The van der Waals surface area contributed by atoms with E-state index in [1.807, 2.05) is 27.7 Å². The fraction of sp³-hybridized carbons (Fsp3) is 0.615. The molecule has 1 amide bonds. The minimum atomic E-state index is -0.934. The maximum absolute atomic E-state index is 11.9. The summed E-state index contributed by atoms with van der Waals surface area (Å²) in [5.41, 5.74) is 1.01. The standard InChI is InChI=1S/C13H21N3O3/c1-8(12(18)19)7-14-11(17)10-6-9(2)16(15-10)13(3,4)5/h6,8H,7H2,1-5H3,(H,14,17)(H,18,19). The molecule has 0 aliphatic carbocycles. The molecule has 0 fully saturated rings. The molecule has 0 radical (unpaired) electrons. The van der Waals surface area contributed by atoms with Crippen molar-refractivity contribution in [2.24, 2.45) is 5.92 Å². The SMILES string of the molecule is Cc1cc(C(=O)NCC(C)C(=O)O)nn1C(C)(C)C. The van der Waals surface area contributed by atoms with Gasteiger partial charge in [0.15, 0.2) is 0 Å². The van der Waals surface area contributed by atoms with Gasteiger partial charge in [0.25, 0.3) is 5.91 Å². The number of rotatable bonds is 4. The predicted molar refractivity (Wildman–Crippen MR) is 71.1 cm³/mol. The van der Waals surface area contributed by atoms with Gasteiger partial charge in [-0.15, -0.1) is 0 Å².